The Morgan fingerprint density at radius 1 is 1.19 bits per heavy atom. The Morgan fingerprint density at radius 3 is 2.33 bits per heavy atom. The normalized spacial score (nSPS) is 12.4. The van der Waals surface area contributed by atoms with E-state index < -0.39 is 16.1 Å². The van der Waals surface area contributed by atoms with Gasteiger partial charge < -0.3 is 10.1 Å². The number of anilines is 2. The maximum absolute atomic E-state index is 12.4. The number of amides is 1. The van der Waals surface area contributed by atoms with Crippen LogP contribution < -0.4 is 14.4 Å². The molecular formula is C19H23ClN2O4S. The summed E-state index contributed by atoms with van der Waals surface area (Å²) in [6, 6.07) is 10.1. The Labute approximate surface area is 165 Å². The van der Waals surface area contributed by atoms with Crippen LogP contribution in [0.15, 0.2) is 36.4 Å². The number of nitrogens with zero attached hydrogens (tertiary/aromatic N) is 1. The molecule has 0 saturated heterocycles. The zero-order chi connectivity index (χ0) is 20.4. The van der Waals surface area contributed by atoms with Crippen molar-refractivity contribution in [1.82, 2.24) is 0 Å². The number of halogens is 1. The van der Waals surface area contributed by atoms with E-state index in [-0.39, 0.29) is 5.91 Å². The van der Waals surface area contributed by atoms with Crippen LogP contribution in [-0.4, -0.2) is 33.7 Å². The van der Waals surface area contributed by atoms with Crippen LogP contribution in [0.1, 0.15) is 18.1 Å². The molecule has 146 valence electrons. The number of rotatable bonds is 6. The highest BCUT2D eigenvalue weighted by molar-refractivity contribution is 7.92. The fourth-order valence-corrected chi connectivity index (χ4v) is 3.05. The second-order valence-electron chi connectivity index (χ2n) is 6.40. The number of ether oxygens (including phenoxy) is 1. The van der Waals surface area contributed by atoms with Crippen molar-refractivity contribution in [2.45, 2.75) is 26.9 Å². The first-order valence-electron chi connectivity index (χ1n) is 8.27. The highest BCUT2D eigenvalue weighted by atomic mass is 35.5. The van der Waals surface area contributed by atoms with Gasteiger partial charge in [-0.05, 0) is 62.2 Å². The standard InChI is InChI=1S/C19H23ClN2O4S/c1-12-9-17(10-13(2)18(12)20)26-14(3)19(23)21-15-7-6-8-16(11-15)22(4)27(5,24)25/h6-11,14H,1-5H3,(H,21,23)/t14-/m1/s1. The molecule has 0 radical (unpaired) electrons. The lowest BCUT2D eigenvalue weighted by Crippen LogP contribution is -2.30. The molecule has 8 heteroatoms. The topological polar surface area (TPSA) is 75.7 Å². The number of nitrogens with one attached hydrogen (secondary N) is 1. The van der Waals surface area contributed by atoms with E-state index in [1.165, 1.54) is 7.05 Å². The van der Waals surface area contributed by atoms with Gasteiger partial charge in [-0.2, -0.15) is 0 Å². The minimum Gasteiger partial charge on any atom is -0.481 e. The molecule has 0 aliphatic rings. The van der Waals surface area contributed by atoms with Gasteiger partial charge in [0.15, 0.2) is 6.10 Å². The molecule has 1 amide bonds. The molecule has 0 saturated carbocycles. The molecule has 2 aromatic rings. The monoisotopic (exact) mass is 410 g/mol. The van der Waals surface area contributed by atoms with Crippen molar-refractivity contribution in [2.75, 3.05) is 22.9 Å². The molecule has 1 N–H and O–H groups in total. The summed E-state index contributed by atoms with van der Waals surface area (Å²) < 4.78 is 30.2. The predicted octanol–water partition coefficient (Wildman–Crippen LogP) is 3.76. The zero-order valence-corrected chi connectivity index (χ0v) is 17.5. The van der Waals surface area contributed by atoms with E-state index in [2.05, 4.69) is 5.32 Å². The Kier molecular flexibility index (Phi) is 6.38. The van der Waals surface area contributed by atoms with Gasteiger partial charge in [-0.1, -0.05) is 17.7 Å². The van der Waals surface area contributed by atoms with Crippen LogP contribution in [0, 0.1) is 13.8 Å². The van der Waals surface area contributed by atoms with Crippen molar-refractivity contribution in [1.29, 1.82) is 0 Å². The fourth-order valence-electron chi connectivity index (χ4n) is 2.45. The minimum absolute atomic E-state index is 0.348. The van der Waals surface area contributed by atoms with Crippen molar-refractivity contribution in [3.05, 3.63) is 52.5 Å². The molecule has 2 rings (SSSR count). The number of benzene rings is 2. The molecule has 0 heterocycles. The van der Waals surface area contributed by atoms with Gasteiger partial charge in [0.2, 0.25) is 10.0 Å². The van der Waals surface area contributed by atoms with Crippen LogP contribution in [0.2, 0.25) is 5.02 Å². The maximum atomic E-state index is 12.4. The van der Waals surface area contributed by atoms with Crippen LogP contribution >= 0.6 is 11.6 Å². The zero-order valence-electron chi connectivity index (χ0n) is 15.9. The summed E-state index contributed by atoms with van der Waals surface area (Å²) in [5, 5.41) is 3.41. The van der Waals surface area contributed by atoms with E-state index in [4.69, 9.17) is 16.3 Å². The summed E-state index contributed by atoms with van der Waals surface area (Å²) >= 11 is 6.15. The first-order valence-corrected chi connectivity index (χ1v) is 10.5. The Hall–Kier alpha value is -2.25. The van der Waals surface area contributed by atoms with E-state index in [9.17, 15) is 13.2 Å². The first-order chi connectivity index (χ1) is 12.5. The number of hydrogen-bond donors (Lipinski definition) is 1. The van der Waals surface area contributed by atoms with E-state index >= 15 is 0 Å². The largest absolute Gasteiger partial charge is 0.481 e. The molecule has 0 bridgehead atoms. The van der Waals surface area contributed by atoms with Gasteiger partial charge >= 0.3 is 0 Å². The smallest absolute Gasteiger partial charge is 0.265 e. The van der Waals surface area contributed by atoms with E-state index in [1.807, 2.05) is 13.8 Å². The highest BCUT2D eigenvalue weighted by Gasteiger charge is 2.17. The predicted molar refractivity (Wildman–Crippen MR) is 109 cm³/mol. The third-order valence-electron chi connectivity index (χ3n) is 4.07. The molecule has 2 aromatic carbocycles. The number of carbonyl (C=O) groups is 1. The third kappa shape index (κ3) is 5.37. The van der Waals surface area contributed by atoms with E-state index in [0.29, 0.717) is 22.1 Å². The molecule has 6 nitrogen and oxygen atoms in total. The van der Waals surface area contributed by atoms with Gasteiger partial charge in [-0.3, -0.25) is 9.10 Å². The Bertz CT molecular complexity index is 937. The lowest BCUT2D eigenvalue weighted by atomic mass is 10.1. The molecule has 0 unspecified atom stereocenters. The number of hydrogen-bond acceptors (Lipinski definition) is 4. The maximum Gasteiger partial charge on any atom is 0.265 e. The van der Waals surface area contributed by atoms with Crippen LogP contribution in [0.5, 0.6) is 5.75 Å². The van der Waals surface area contributed by atoms with Crippen LogP contribution in [0.25, 0.3) is 0 Å². The van der Waals surface area contributed by atoms with Crippen LogP contribution in [-0.2, 0) is 14.8 Å². The number of aryl methyl sites for hydroxylation is 2. The number of sulfonamides is 1. The molecule has 0 spiro atoms. The molecule has 0 aromatic heterocycles. The second kappa shape index (κ2) is 8.19. The van der Waals surface area contributed by atoms with Crippen molar-refractivity contribution in [3.8, 4) is 5.75 Å². The summed E-state index contributed by atoms with van der Waals surface area (Å²) in [4.78, 5) is 12.4. The fraction of sp³-hybridized carbons (Fsp3) is 0.316. The lowest BCUT2D eigenvalue weighted by molar-refractivity contribution is -0.122. The summed E-state index contributed by atoms with van der Waals surface area (Å²) in [6.45, 7) is 5.38. The minimum atomic E-state index is -3.38. The summed E-state index contributed by atoms with van der Waals surface area (Å²) in [7, 11) is -1.93. The van der Waals surface area contributed by atoms with Gasteiger partial charge in [0.25, 0.3) is 5.91 Å². The SMILES string of the molecule is Cc1cc(O[C@H](C)C(=O)Nc2cccc(N(C)S(C)(=O)=O)c2)cc(C)c1Cl. The molecule has 0 aliphatic heterocycles. The second-order valence-corrected chi connectivity index (χ2v) is 8.79. The molecule has 27 heavy (non-hydrogen) atoms. The number of carbonyl (C=O) groups excluding carboxylic acids is 1. The average Bonchev–Trinajstić information content (AvgIpc) is 2.58. The summed E-state index contributed by atoms with van der Waals surface area (Å²) in [5.41, 5.74) is 2.67. The van der Waals surface area contributed by atoms with Gasteiger partial charge in [0.05, 0.1) is 11.9 Å². The van der Waals surface area contributed by atoms with Crippen LogP contribution in [0.3, 0.4) is 0 Å². The molecular weight excluding hydrogens is 388 g/mol. The van der Waals surface area contributed by atoms with Crippen molar-refractivity contribution in [3.63, 3.8) is 0 Å². The van der Waals surface area contributed by atoms with Crippen molar-refractivity contribution >= 4 is 38.9 Å². The summed E-state index contributed by atoms with van der Waals surface area (Å²) in [6.07, 6.45) is 0.367. The van der Waals surface area contributed by atoms with Gasteiger partial charge in [-0.15, -0.1) is 0 Å². The Morgan fingerprint density at radius 2 is 1.78 bits per heavy atom. The Balaban J connectivity index is 2.11. The molecule has 1 atom stereocenters. The summed E-state index contributed by atoms with van der Waals surface area (Å²) in [5.74, 6) is 0.210. The van der Waals surface area contributed by atoms with E-state index in [0.717, 1.165) is 21.7 Å². The molecule has 0 aliphatic carbocycles. The van der Waals surface area contributed by atoms with Gasteiger partial charge in [-0.25, -0.2) is 8.42 Å². The van der Waals surface area contributed by atoms with Crippen molar-refractivity contribution in [2.24, 2.45) is 0 Å². The highest BCUT2D eigenvalue weighted by Crippen LogP contribution is 2.27. The lowest BCUT2D eigenvalue weighted by Gasteiger charge is -2.19. The van der Waals surface area contributed by atoms with Gasteiger partial charge in [0.1, 0.15) is 5.75 Å². The van der Waals surface area contributed by atoms with Crippen LogP contribution in [0.4, 0.5) is 11.4 Å². The first kappa shape index (κ1) is 21.1. The van der Waals surface area contributed by atoms with Crippen molar-refractivity contribution < 1.29 is 17.9 Å². The molecule has 0 fully saturated rings. The van der Waals surface area contributed by atoms with Gasteiger partial charge in [0, 0.05) is 17.8 Å². The third-order valence-corrected chi connectivity index (χ3v) is 5.87. The quantitative estimate of drug-likeness (QED) is 0.786. The van der Waals surface area contributed by atoms with E-state index in [1.54, 1.807) is 43.3 Å². The average molecular weight is 411 g/mol.